The summed E-state index contributed by atoms with van der Waals surface area (Å²) in [4.78, 5) is 8.06. The average Bonchev–Trinajstić information content (AvgIpc) is 2.78. The number of H-pyrrole nitrogens is 1. The molecule has 0 amide bonds. The second kappa shape index (κ2) is 3.08. The molecule has 0 bridgehead atoms. The number of fused-ring (bicyclic) bond motifs is 5. The number of aromatic amines is 1. The fourth-order valence-corrected chi connectivity index (χ4v) is 2.42. The number of nitrogens with zero attached hydrogens (tertiary/aromatic N) is 1. The predicted molar refractivity (Wildman–Crippen MR) is 70.2 cm³/mol. The zero-order chi connectivity index (χ0) is 11.2. The molecular formula is C15H10N2. The first-order chi connectivity index (χ1) is 8.43. The highest BCUT2D eigenvalue weighted by Gasteiger charge is 2.13. The lowest BCUT2D eigenvalue weighted by Gasteiger charge is -2.03. The molecule has 2 nitrogen and oxygen atoms in total. The van der Waals surface area contributed by atoms with Crippen LogP contribution in [0.4, 0.5) is 0 Å². The maximum atomic E-state index is 4.72. The van der Waals surface area contributed by atoms with Crippen molar-refractivity contribution in [2.24, 2.45) is 0 Å². The number of rotatable bonds is 0. The van der Waals surface area contributed by atoms with Gasteiger partial charge in [-0.3, -0.25) is 0 Å². The molecule has 2 aliphatic rings. The van der Waals surface area contributed by atoms with Crippen LogP contribution in [0, 0.1) is 0 Å². The molecule has 2 aromatic rings. The van der Waals surface area contributed by atoms with Crippen LogP contribution in [0.15, 0.2) is 54.7 Å². The maximum absolute atomic E-state index is 4.72. The lowest BCUT2D eigenvalue weighted by molar-refractivity contribution is 1.39. The quantitative estimate of drug-likeness (QED) is 0.477. The van der Waals surface area contributed by atoms with Crippen molar-refractivity contribution < 1.29 is 0 Å². The fraction of sp³-hybridized carbons (Fsp3) is 0. The standard InChI is InChI=1S/C15H10N2/c1-4-8-14-10(5-1)12-9-16-13-7-3-2-6-11(13)15(12)17-14/h1-9,16H. The van der Waals surface area contributed by atoms with Gasteiger partial charge >= 0.3 is 0 Å². The van der Waals surface area contributed by atoms with Crippen molar-refractivity contribution in [3.05, 3.63) is 54.7 Å². The van der Waals surface area contributed by atoms with E-state index in [2.05, 4.69) is 41.4 Å². The minimum absolute atomic E-state index is 1.06. The summed E-state index contributed by atoms with van der Waals surface area (Å²) >= 11 is 0. The Morgan fingerprint density at radius 1 is 0.824 bits per heavy atom. The van der Waals surface area contributed by atoms with E-state index in [0.29, 0.717) is 0 Å². The summed E-state index contributed by atoms with van der Waals surface area (Å²) in [6.07, 6.45) is 2.05. The summed E-state index contributed by atoms with van der Waals surface area (Å²) in [5.74, 6) is 0. The van der Waals surface area contributed by atoms with Crippen LogP contribution >= 0.6 is 0 Å². The predicted octanol–water partition coefficient (Wildman–Crippen LogP) is 3.82. The van der Waals surface area contributed by atoms with Gasteiger partial charge in [0, 0.05) is 28.0 Å². The van der Waals surface area contributed by atoms with E-state index < -0.39 is 0 Å². The van der Waals surface area contributed by atoms with Crippen LogP contribution in [0.3, 0.4) is 0 Å². The Kier molecular flexibility index (Phi) is 1.59. The first kappa shape index (κ1) is 8.76. The molecule has 2 aromatic carbocycles. The second-order valence-corrected chi connectivity index (χ2v) is 4.23. The smallest absolute Gasteiger partial charge is 0.0824 e. The van der Waals surface area contributed by atoms with Gasteiger partial charge in [0.15, 0.2) is 0 Å². The third-order valence-electron chi connectivity index (χ3n) is 3.24. The molecule has 0 fully saturated rings. The molecule has 4 rings (SSSR count). The van der Waals surface area contributed by atoms with Gasteiger partial charge < -0.3 is 4.98 Å². The van der Waals surface area contributed by atoms with Gasteiger partial charge in [0.2, 0.25) is 0 Å². The highest BCUT2D eigenvalue weighted by Crippen LogP contribution is 2.34. The Balaban J connectivity index is 2.28. The van der Waals surface area contributed by atoms with E-state index in [9.17, 15) is 0 Å². The molecule has 17 heavy (non-hydrogen) atoms. The molecule has 1 N–H and O–H groups in total. The van der Waals surface area contributed by atoms with Crippen LogP contribution in [0.5, 0.6) is 0 Å². The van der Waals surface area contributed by atoms with Crippen molar-refractivity contribution in [1.29, 1.82) is 0 Å². The summed E-state index contributed by atoms with van der Waals surface area (Å²) in [5.41, 5.74) is 4.47. The molecule has 0 saturated heterocycles. The molecule has 0 saturated carbocycles. The molecule has 0 unspecified atom stereocenters. The third kappa shape index (κ3) is 1.12. The first-order valence-electron chi connectivity index (χ1n) is 5.68. The first-order valence-corrected chi connectivity index (χ1v) is 5.68. The van der Waals surface area contributed by atoms with Gasteiger partial charge in [0.1, 0.15) is 0 Å². The number of nitrogens with one attached hydrogen (secondary N) is 1. The largest absolute Gasteiger partial charge is 0.360 e. The highest BCUT2D eigenvalue weighted by atomic mass is 14.8. The number of hydrogen-bond donors (Lipinski definition) is 1. The fourth-order valence-electron chi connectivity index (χ4n) is 2.42. The molecule has 2 heterocycles. The minimum Gasteiger partial charge on any atom is -0.360 e. The Morgan fingerprint density at radius 2 is 1.59 bits per heavy atom. The number of para-hydroxylation sites is 2. The summed E-state index contributed by atoms with van der Waals surface area (Å²) in [7, 11) is 0. The van der Waals surface area contributed by atoms with E-state index >= 15 is 0 Å². The van der Waals surface area contributed by atoms with Crippen LogP contribution in [0.2, 0.25) is 0 Å². The van der Waals surface area contributed by atoms with Crippen molar-refractivity contribution in [3.8, 4) is 11.3 Å². The number of pyridine rings is 1. The SMILES string of the molecule is c1ccc2c3c[nH]c4ccccc4c-3nc2c1. The van der Waals surface area contributed by atoms with E-state index in [0.717, 1.165) is 16.7 Å². The Hall–Kier alpha value is -2.35. The van der Waals surface area contributed by atoms with Crippen LogP contribution in [0.25, 0.3) is 33.1 Å². The Morgan fingerprint density at radius 3 is 2.53 bits per heavy atom. The molecular weight excluding hydrogens is 208 g/mol. The monoisotopic (exact) mass is 218 g/mol. The lowest BCUT2D eigenvalue weighted by atomic mass is 10.1. The van der Waals surface area contributed by atoms with Crippen molar-refractivity contribution in [1.82, 2.24) is 9.97 Å². The van der Waals surface area contributed by atoms with Gasteiger partial charge in [-0.1, -0.05) is 36.4 Å². The normalized spacial score (nSPS) is 11.5. The van der Waals surface area contributed by atoms with Gasteiger partial charge in [0.05, 0.1) is 11.2 Å². The molecule has 0 aliphatic carbocycles. The molecule has 2 aliphatic heterocycles. The zero-order valence-corrected chi connectivity index (χ0v) is 9.14. The van der Waals surface area contributed by atoms with E-state index in [1.54, 1.807) is 0 Å². The number of hydrogen-bond acceptors (Lipinski definition) is 1. The van der Waals surface area contributed by atoms with E-state index in [-0.39, 0.29) is 0 Å². The Labute approximate surface area is 98.3 Å². The molecule has 0 aromatic heterocycles. The van der Waals surface area contributed by atoms with Crippen LogP contribution < -0.4 is 0 Å². The molecule has 2 heteroatoms. The maximum Gasteiger partial charge on any atom is 0.0824 e. The highest BCUT2D eigenvalue weighted by molar-refractivity contribution is 6.05. The number of benzene rings is 2. The van der Waals surface area contributed by atoms with Crippen molar-refractivity contribution >= 4 is 21.8 Å². The van der Waals surface area contributed by atoms with Crippen LogP contribution in [0.1, 0.15) is 0 Å². The van der Waals surface area contributed by atoms with Gasteiger partial charge in [0.25, 0.3) is 0 Å². The van der Waals surface area contributed by atoms with Gasteiger partial charge in [-0.15, -0.1) is 0 Å². The van der Waals surface area contributed by atoms with Gasteiger partial charge in [-0.2, -0.15) is 0 Å². The topological polar surface area (TPSA) is 28.7 Å². The van der Waals surface area contributed by atoms with E-state index in [1.807, 2.05) is 18.3 Å². The zero-order valence-electron chi connectivity index (χ0n) is 9.14. The minimum atomic E-state index is 1.06. The summed E-state index contributed by atoms with van der Waals surface area (Å²) in [5, 5.41) is 2.39. The lowest BCUT2D eigenvalue weighted by Crippen LogP contribution is -1.84. The molecule has 0 radical (unpaired) electrons. The van der Waals surface area contributed by atoms with Crippen molar-refractivity contribution in [3.63, 3.8) is 0 Å². The van der Waals surface area contributed by atoms with Crippen molar-refractivity contribution in [2.75, 3.05) is 0 Å². The number of aromatic nitrogens is 2. The molecule has 0 atom stereocenters. The second-order valence-electron chi connectivity index (χ2n) is 4.23. The van der Waals surface area contributed by atoms with E-state index in [4.69, 9.17) is 4.98 Å². The van der Waals surface area contributed by atoms with Crippen LogP contribution in [-0.2, 0) is 0 Å². The molecule has 0 spiro atoms. The third-order valence-corrected chi connectivity index (χ3v) is 3.24. The summed E-state index contributed by atoms with van der Waals surface area (Å²) < 4.78 is 0. The van der Waals surface area contributed by atoms with Gasteiger partial charge in [-0.05, 0) is 12.1 Å². The van der Waals surface area contributed by atoms with Crippen molar-refractivity contribution in [2.45, 2.75) is 0 Å². The van der Waals surface area contributed by atoms with Crippen LogP contribution in [-0.4, -0.2) is 9.97 Å². The van der Waals surface area contributed by atoms with Gasteiger partial charge in [-0.25, -0.2) is 4.98 Å². The molecule has 80 valence electrons. The van der Waals surface area contributed by atoms with E-state index in [1.165, 1.54) is 16.3 Å². The summed E-state index contributed by atoms with van der Waals surface area (Å²) in [6.45, 7) is 0. The Bertz CT molecular complexity index is 798. The summed E-state index contributed by atoms with van der Waals surface area (Å²) in [6, 6.07) is 16.5. The average molecular weight is 218 g/mol.